The van der Waals surface area contributed by atoms with Gasteiger partial charge in [0.05, 0.1) is 22.6 Å². The number of amides is 1. The Labute approximate surface area is 252 Å². The van der Waals surface area contributed by atoms with Gasteiger partial charge < -0.3 is 14.7 Å². The molecule has 1 aliphatic rings. The molecule has 0 saturated heterocycles. The molecule has 0 radical (unpaired) electrons. The highest BCUT2D eigenvalue weighted by molar-refractivity contribution is 7.91. The molecule has 1 aliphatic carbocycles. The number of carbonyl (C=O) groups is 1. The fraction of sp³-hybridized carbons (Fsp3) is 0.323. The molecule has 232 valence electrons. The molecule has 1 N–H and O–H groups in total. The molecule has 1 saturated carbocycles. The first-order valence-electron chi connectivity index (χ1n) is 13.9. The minimum Gasteiger partial charge on any atom is -0.353 e. The number of sulfone groups is 1. The molecule has 0 atom stereocenters. The molecule has 0 aliphatic heterocycles. The van der Waals surface area contributed by atoms with Crippen LogP contribution in [0.25, 0.3) is 11.5 Å². The van der Waals surface area contributed by atoms with Crippen molar-refractivity contribution in [3.05, 3.63) is 89.0 Å². The molecule has 0 unspecified atom stereocenters. The van der Waals surface area contributed by atoms with E-state index in [9.17, 15) is 30.8 Å². The van der Waals surface area contributed by atoms with Crippen molar-refractivity contribution < 1.29 is 35.3 Å². The van der Waals surface area contributed by atoms with E-state index in [-0.39, 0.29) is 28.0 Å². The van der Waals surface area contributed by atoms with E-state index in [4.69, 9.17) is 4.52 Å². The topological polar surface area (TPSA) is 105 Å². The molecule has 5 rings (SSSR count). The van der Waals surface area contributed by atoms with Crippen molar-refractivity contribution in [2.45, 2.75) is 50.1 Å². The number of nitrogens with one attached hydrogen (secondary N) is 1. The molecule has 0 spiro atoms. The molecule has 1 fully saturated rings. The normalized spacial score (nSPS) is 14.3. The zero-order valence-corrected chi connectivity index (χ0v) is 25.0. The summed E-state index contributed by atoms with van der Waals surface area (Å²) < 4.78 is 83.3. The molecule has 1 amide bonds. The lowest BCUT2D eigenvalue weighted by molar-refractivity contribution is -0.122. The van der Waals surface area contributed by atoms with E-state index in [0.717, 1.165) is 34.4 Å². The van der Waals surface area contributed by atoms with Crippen LogP contribution in [0.15, 0.2) is 70.1 Å². The van der Waals surface area contributed by atoms with Gasteiger partial charge in [0.25, 0.3) is 5.89 Å². The van der Waals surface area contributed by atoms with E-state index in [1.165, 1.54) is 43.3 Å². The Hall–Kier alpha value is -4.26. The van der Waals surface area contributed by atoms with Gasteiger partial charge >= 0.3 is 6.18 Å². The number of aryl methyl sites for hydroxylation is 2. The third-order valence-electron chi connectivity index (χ3n) is 7.64. The first-order valence-corrected chi connectivity index (χ1v) is 15.5. The maximum absolute atomic E-state index is 13.4. The summed E-state index contributed by atoms with van der Waals surface area (Å²) in [6.45, 7) is 3.21. The van der Waals surface area contributed by atoms with Gasteiger partial charge in [-0.3, -0.25) is 4.79 Å². The van der Waals surface area contributed by atoms with Crippen LogP contribution >= 0.6 is 0 Å². The average Bonchev–Trinajstić information content (AvgIpc) is 3.58. The summed E-state index contributed by atoms with van der Waals surface area (Å²) in [5.41, 5.74) is 3.24. The zero-order valence-electron chi connectivity index (χ0n) is 24.2. The van der Waals surface area contributed by atoms with Crippen molar-refractivity contribution >= 4 is 27.1 Å². The van der Waals surface area contributed by atoms with E-state index in [0.29, 0.717) is 17.1 Å². The van der Waals surface area contributed by atoms with Gasteiger partial charge in [0.1, 0.15) is 12.4 Å². The maximum atomic E-state index is 13.4. The number of rotatable bonds is 10. The second-order valence-corrected chi connectivity index (χ2v) is 13.2. The van der Waals surface area contributed by atoms with Gasteiger partial charge in [0.2, 0.25) is 5.91 Å². The van der Waals surface area contributed by atoms with Crippen LogP contribution in [0, 0.1) is 19.7 Å². The third-order valence-corrected chi connectivity index (χ3v) is 9.39. The van der Waals surface area contributed by atoms with Gasteiger partial charge in [0, 0.05) is 16.9 Å². The number of hydrogen-bond donors (Lipinski definition) is 1. The Kier molecular flexibility index (Phi) is 8.27. The fourth-order valence-electron chi connectivity index (χ4n) is 5.49. The summed E-state index contributed by atoms with van der Waals surface area (Å²) in [6, 6.07) is 14.2. The number of carbonyl (C=O) groups excluding carboxylic acids is 1. The number of halogens is 4. The van der Waals surface area contributed by atoms with Crippen LogP contribution in [0.2, 0.25) is 0 Å². The lowest BCUT2D eigenvalue weighted by atomic mass is 9.87. The second kappa shape index (κ2) is 11.7. The van der Waals surface area contributed by atoms with E-state index >= 15 is 0 Å². The van der Waals surface area contributed by atoms with Crippen LogP contribution in [0.1, 0.15) is 42.3 Å². The van der Waals surface area contributed by atoms with Gasteiger partial charge in [-0.15, -0.1) is 0 Å². The van der Waals surface area contributed by atoms with Crippen molar-refractivity contribution in [3.8, 4) is 11.5 Å². The Morgan fingerprint density at radius 2 is 1.64 bits per heavy atom. The van der Waals surface area contributed by atoms with Gasteiger partial charge in [0.15, 0.2) is 15.7 Å². The molecule has 3 aromatic carbocycles. The van der Waals surface area contributed by atoms with E-state index in [1.54, 1.807) is 24.3 Å². The molecule has 8 nitrogen and oxygen atoms in total. The summed E-state index contributed by atoms with van der Waals surface area (Å²) in [5, 5.41) is 6.91. The van der Waals surface area contributed by atoms with E-state index in [2.05, 4.69) is 15.5 Å². The average molecular weight is 631 g/mol. The Bertz CT molecular complexity index is 1760. The predicted molar refractivity (Wildman–Crippen MR) is 157 cm³/mol. The lowest BCUT2D eigenvalue weighted by Gasteiger charge is -2.26. The van der Waals surface area contributed by atoms with Gasteiger partial charge in [-0.2, -0.15) is 18.2 Å². The van der Waals surface area contributed by atoms with Crippen LogP contribution < -0.4 is 10.2 Å². The number of benzene rings is 3. The lowest BCUT2D eigenvalue weighted by Crippen LogP contribution is -2.39. The maximum Gasteiger partial charge on any atom is 0.405 e. The van der Waals surface area contributed by atoms with Gasteiger partial charge in [-0.25, -0.2) is 12.8 Å². The van der Waals surface area contributed by atoms with Crippen molar-refractivity contribution in [1.29, 1.82) is 0 Å². The molecule has 0 bridgehead atoms. The summed E-state index contributed by atoms with van der Waals surface area (Å²) in [7, 11) is -3.53. The highest BCUT2D eigenvalue weighted by Crippen LogP contribution is 2.55. The standard InChI is InChI=1S/C31H30F4N4O4S/c1-4-44(41,42)25-11-9-24(10-12-25)39(18-31(33,34)35)17-26(40)36-23-15-19(2)27(20(3)16-23)30(13-14-30)29-37-28(43-38-29)21-5-7-22(32)8-6-21/h5-12,15-16H,4,13-14,17-18H2,1-3H3,(H,36,40). The first-order chi connectivity index (χ1) is 20.7. The second-order valence-electron chi connectivity index (χ2n) is 10.9. The Balaban J connectivity index is 1.34. The molecular formula is C31H30F4N4O4S. The van der Waals surface area contributed by atoms with Crippen molar-refractivity contribution in [3.63, 3.8) is 0 Å². The minimum atomic E-state index is -4.60. The number of aromatic nitrogens is 2. The molecule has 4 aromatic rings. The van der Waals surface area contributed by atoms with E-state index in [1.807, 2.05) is 13.8 Å². The highest BCUT2D eigenvalue weighted by atomic mass is 32.2. The summed E-state index contributed by atoms with van der Waals surface area (Å²) in [4.78, 5) is 18.4. The quantitative estimate of drug-likeness (QED) is 0.203. The van der Waals surface area contributed by atoms with Crippen LogP contribution in [0.4, 0.5) is 28.9 Å². The van der Waals surface area contributed by atoms with Crippen LogP contribution in [0.5, 0.6) is 0 Å². The minimum absolute atomic E-state index is 0.00728. The molecule has 44 heavy (non-hydrogen) atoms. The van der Waals surface area contributed by atoms with Crippen molar-refractivity contribution in [1.82, 2.24) is 10.1 Å². The molecular weight excluding hydrogens is 600 g/mol. The van der Waals surface area contributed by atoms with Gasteiger partial charge in [-0.05, 0) is 104 Å². The number of hydrogen-bond acceptors (Lipinski definition) is 7. The highest BCUT2D eigenvalue weighted by Gasteiger charge is 2.51. The number of anilines is 2. The van der Waals surface area contributed by atoms with Crippen molar-refractivity contribution in [2.75, 3.05) is 29.1 Å². The first kappa shape index (κ1) is 31.2. The van der Waals surface area contributed by atoms with Crippen molar-refractivity contribution in [2.24, 2.45) is 0 Å². The van der Waals surface area contributed by atoms with Crippen LogP contribution in [-0.2, 0) is 20.0 Å². The molecule has 1 heterocycles. The zero-order chi connectivity index (χ0) is 31.9. The SMILES string of the molecule is CCS(=O)(=O)c1ccc(N(CC(=O)Nc2cc(C)c(C3(c4noc(-c5ccc(F)cc5)n4)CC3)c(C)c2)CC(F)(F)F)cc1. The Morgan fingerprint density at radius 3 is 2.18 bits per heavy atom. The number of alkyl halides is 3. The summed E-state index contributed by atoms with van der Waals surface area (Å²) in [5.74, 6) is -0.422. The molecule has 1 aromatic heterocycles. The van der Waals surface area contributed by atoms with Crippen LogP contribution in [0.3, 0.4) is 0 Å². The van der Waals surface area contributed by atoms with Crippen LogP contribution in [-0.4, -0.2) is 49.5 Å². The smallest absolute Gasteiger partial charge is 0.353 e. The Morgan fingerprint density at radius 1 is 1.02 bits per heavy atom. The summed E-state index contributed by atoms with van der Waals surface area (Å²) in [6.07, 6.45) is -3.06. The predicted octanol–water partition coefficient (Wildman–Crippen LogP) is 6.37. The monoisotopic (exact) mass is 630 g/mol. The fourth-order valence-corrected chi connectivity index (χ4v) is 6.37. The van der Waals surface area contributed by atoms with E-state index < -0.39 is 40.4 Å². The summed E-state index contributed by atoms with van der Waals surface area (Å²) >= 11 is 0. The van der Waals surface area contributed by atoms with Gasteiger partial charge in [-0.1, -0.05) is 12.1 Å². The largest absolute Gasteiger partial charge is 0.405 e. The molecule has 13 heteroatoms. The number of nitrogens with zero attached hydrogens (tertiary/aromatic N) is 3. The third kappa shape index (κ3) is 6.62.